The molecule has 6 nitrogen and oxygen atoms in total. The van der Waals surface area contributed by atoms with Crippen LogP contribution in [0.2, 0.25) is 0 Å². The molecule has 218 valence electrons. The molecule has 39 heavy (non-hydrogen) atoms. The highest BCUT2D eigenvalue weighted by Crippen LogP contribution is 2.42. The lowest BCUT2D eigenvalue weighted by Crippen LogP contribution is -2.43. The van der Waals surface area contributed by atoms with Crippen LogP contribution < -0.4 is 0 Å². The molecule has 13 heteroatoms. The zero-order valence-electron chi connectivity index (χ0n) is 21.5. The molecule has 2 N–H and O–H groups in total. The summed E-state index contributed by atoms with van der Waals surface area (Å²) in [6, 6.07) is 5.58. The van der Waals surface area contributed by atoms with Crippen molar-refractivity contribution in [2.24, 2.45) is 11.8 Å². The van der Waals surface area contributed by atoms with Crippen LogP contribution in [0.1, 0.15) is 68.0 Å². The Labute approximate surface area is 226 Å². The minimum atomic E-state index is -5.08. The van der Waals surface area contributed by atoms with Crippen LogP contribution in [0, 0.1) is 11.8 Å². The Hall–Kier alpha value is -2.67. The molecule has 1 heterocycles. The summed E-state index contributed by atoms with van der Waals surface area (Å²) in [7, 11) is 0. The lowest BCUT2D eigenvalue weighted by molar-refractivity contribution is -0.192. The van der Waals surface area contributed by atoms with Gasteiger partial charge in [0.25, 0.3) is 0 Å². The number of alkyl halides is 6. The van der Waals surface area contributed by atoms with Crippen molar-refractivity contribution in [2.75, 3.05) is 6.54 Å². The summed E-state index contributed by atoms with van der Waals surface area (Å²) in [5.41, 5.74) is 0.196. The van der Waals surface area contributed by atoms with Crippen molar-refractivity contribution in [3.63, 3.8) is 0 Å². The molecule has 1 aromatic heterocycles. The predicted octanol–water partition coefficient (Wildman–Crippen LogP) is 7.07. The van der Waals surface area contributed by atoms with Crippen molar-refractivity contribution in [1.29, 1.82) is 0 Å². The maximum absolute atomic E-state index is 13.1. The Kier molecular flexibility index (Phi) is 11.8. The minimum Gasteiger partial charge on any atom is -0.481 e. The number of carboxylic acids is 2. The molecule has 0 radical (unpaired) electrons. The van der Waals surface area contributed by atoms with Crippen molar-refractivity contribution in [2.45, 2.75) is 76.8 Å². The van der Waals surface area contributed by atoms with Gasteiger partial charge in [-0.15, -0.1) is 11.3 Å². The third-order valence-electron chi connectivity index (χ3n) is 6.58. The maximum Gasteiger partial charge on any atom is 0.490 e. The second kappa shape index (κ2) is 14.1. The van der Waals surface area contributed by atoms with E-state index < -0.39 is 29.9 Å². The van der Waals surface area contributed by atoms with Gasteiger partial charge in [-0.1, -0.05) is 26.0 Å². The van der Waals surface area contributed by atoms with Crippen LogP contribution in [0.15, 0.2) is 35.8 Å². The monoisotopic (exact) mass is 582 g/mol. The Morgan fingerprint density at radius 1 is 1.08 bits per heavy atom. The lowest BCUT2D eigenvalue weighted by atomic mass is 9.73. The summed E-state index contributed by atoms with van der Waals surface area (Å²) < 4.78 is 71.0. The molecule has 0 bridgehead atoms. The average molecular weight is 583 g/mol. The van der Waals surface area contributed by atoms with E-state index in [4.69, 9.17) is 9.90 Å². The quantitative estimate of drug-likeness (QED) is 0.308. The molecule has 1 aliphatic carbocycles. The van der Waals surface area contributed by atoms with Gasteiger partial charge in [0, 0.05) is 24.0 Å². The Morgan fingerprint density at radius 3 is 2.15 bits per heavy atom. The zero-order valence-corrected chi connectivity index (χ0v) is 22.3. The number of carboxylic acid groups (broad SMARTS) is 2. The van der Waals surface area contributed by atoms with Crippen molar-refractivity contribution in [3.05, 3.63) is 52.0 Å². The van der Waals surface area contributed by atoms with Gasteiger partial charge in [0.2, 0.25) is 0 Å². The number of benzene rings is 1. The summed E-state index contributed by atoms with van der Waals surface area (Å²) >= 11 is 1.60. The van der Waals surface area contributed by atoms with Crippen molar-refractivity contribution in [1.82, 2.24) is 9.88 Å². The number of halogens is 6. The molecule has 0 unspecified atom stereocenters. The van der Waals surface area contributed by atoms with E-state index in [-0.39, 0.29) is 24.3 Å². The van der Waals surface area contributed by atoms with Crippen LogP contribution in [0.3, 0.4) is 0 Å². The van der Waals surface area contributed by atoms with E-state index in [1.165, 1.54) is 0 Å². The number of nitrogens with zero attached hydrogens (tertiary/aromatic N) is 2. The molecule has 0 spiro atoms. The van der Waals surface area contributed by atoms with E-state index in [9.17, 15) is 36.2 Å². The fourth-order valence-electron chi connectivity index (χ4n) is 4.68. The number of rotatable bonds is 9. The molecule has 1 aliphatic rings. The molecule has 3 rings (SSSR count). The van der Waals surface area contributed by atoms with Crippen LogP contribution in [0.25, 0.3) is 0 Å². The topological polar surface area (TPSA) is 90.7 Å². The van der Waals surface area contributed by atoms with E-state index in [1.807, 2.05) is 5.38 Å². The van der Waals surface area contributed by atoms with Crippen molar-refractivity contribution >= 4 is 23.3 Å². The van der Waals surface area contributed by atoms with E-state index in [0.717, 1.165) is 48.5 Å². The van der Waals surface area contributed by atoms with Gasteiger partial charge in [-0.3, -0.25) is 9.69 Å². The van der Waals surface area contributed by atoms with Crippen LogP contribution in [-0.4, -0.2) is 50.8 Å². The first kappa shape index (κ1) is 32.5. The highest BCUT2D eigenvalue weighted by molar-refractivity contribution is 7.09. The first-order valence-electron chi connectivity index (χ1n) is 12.4. The largest absolute Gasteiger partial charge is 0.490 e. The Morgan fingerprint density at radius 2 is 1.69 bits per heavy atom. The van der Waals surface area contributed by atoms with E-state index >= 15 is 0 Å². The van der Waals surface area contributed by atoms with E-state index in [2.05, 4.69) is 23.7 Å². The van der Waals surface area contributed by atoms with Crippen LogP contribution in [-0.2, 0) is 22.3 Å². The summed E-state index contributed by atoms with van der Waals surface area (Å²) in [5.74, 6) is -3.03. The molecular weight excluding hydrogens is 550 g/mol. The third kappa shape index (κ3) is 10.8. The predicted molar refractivity (Wildman–Crippen MR) is 133 cm³/mol. The Bertz CT molecular complexity index is 1040. The first-order chi connectivity index (χ1) is 18.1. The fourth-order valence-corrected chi connectivity index (χ4v) is 5.32. The molecule has 3 atom stereocenters. The van der Waals surface area contributed by atoms with Crippen LogP contribution in [0.4, 0.5) is 26.3 Å². The minimum absolute atomic E-state index is 0.0116. The summed E-state index contributed by atoms with van der Waals surface area (Å²) in [5, 5.41) is 19.4. The highest BCUT2D eigenvalue weighted by Gasteiger charge is 2.38. The van der Waals surface area contributed by atoms with E-state index in [0.29, 0.717) is 18.9 Å². The molecule has 1 aromatic carbocycles. The van der Waals surface area contributed by atoms with Gasteiger partial charge in [0.1, 0.15) is 5.01 Å². The summed E-state index contributed by atoms with van der Waals surface area (Å²) in [4.78, 5) is 27.1. The second-order valence-electron chi connectivity index (χ2n) is 9.95. The molecular formula is C26H32F6N2O4S. The number of aromatic nitrogens is 1. The van der Waals surface area contributed by atoms with Crippen LogP contribution >= 0.6 is 11.3 Å². The number of carbonyl (C=O) groups is 2. The summed E-state index contributed by atoms with van der Waals surface area (Å²) in [6.07, 6.45) is -4.25. The van der Waals surface area contributed by atoms with Gasteiger partial charge in [0.05, 0.1) is 12.1 Å². The molecule has 0 amide bonds. The zero-order chi connectivity index (χ0) is 29.4. The SMILES string of the molecule is CC(C)CCN(Cc1nccs1)[C@@H]1CC[C@@H](CC(=O)O)C[C@H]1c1ccc(C(F)(F)F)cc1.O=C(O)C(F)(F)F. The Balaban J connectivity index is 0.000000673. The highest BCUT2D eigenvalue weighted by atomic mass is 32.1. The van der Waals surface area contributed by atoms with Gasteiger partial charge in [-0.2, -0.15) is 26.3 Å². The van der Waals surface area contributed by atoms with Crippen LogP contribution in [0.5, 0.6) is 0 Å². The second-order valence-corrected chi connectivity index (χ2v) is 10.9. The average Bonchev–Trinajstić information content (AvgIpc) is 3.34. The van der Waals surface area contributed by atoms with Gasteiger partial charge in [-0.05, 0) is 67.7 Å². The van der Waals surface area contributed by atoms with E-state index in [1.54, 1.807) is 29.7 Å². The van der Waals surface area contributed by atoms with Crippen molar-refractivity contribution in [3.8, 4) is 0 Å². The number of aliphatic carboxylic acids is 2. The standard InChI is InChI=1S/C24H31F3N2O2S.C2HF3O2/c1-16(2)9-11-29(15-22-28-10-12-32-22)21-8-3-17(14-23(30)31)13-20(21)18-4-6-19(7-5-18)24(25,26)27;3-2(4,5)1(6)7/h4-7,10,12,16-17,20-21H,3,8-9,11,13-15H2,1-2H3,(H,30,31);(H,6,7)/t17-,20+,21-;/m1./s1. The number of thiazole rings is 1. The van der Waals surface area contributed by atoms with Crippen molar-refractivity contribution < 1.29 is 46.1 Å². The smallest absolute Gasteiger partial charge is 0.481 e. The fraction of sp³-hybridized carbons (Fsp3) is 0.577. The van der Waals surface area contributed by atoms with Gasteiger partial charge >= 0.3 is 24.3 Å². The molecule has 0 saturated heterocycles. The first-order valence-corrected chi connectivity index (χ1v) is 13.3. The normalized spacial score (nSPS) is 20.0. The van der Waals surface area contributed by atoms with Gasteiger partial charge in [-0.25, -0.2) is 9.78 Å². The van der Waals surface area contributed by atoms with Gasteiger partial charge < -0.3 is 10.2 Å². The molecule has 0 aliphatic heterocycles. The lowest BCUT2D eigenvalue weighted by Gasteiger charge is -2.43. The van der Waals surface area contributed by atoms with Gasteiger partial charge in [0.15, 0.2) is 0 Å². The molecule has 1 fully saturated rings. The molecule has 1 saturated carbocycles. The number of hydrogen-bond acceptors (Lipinski definition) is 5. The summed E-state index contributed by atoms with van der Waals surface area (Å²) in [6.45, 7) is 5.94. The molecule has 2 aromatic rings. The maximum atomic E-state index is 13.1. The number of hydrogen-bond donors (Lipinski definition) is 2. The third-order valence-corrected chi connectivity index (χ3v) is 7.34.